The minimum absolute atomic E-state index is 0.162. The van der Waals surface area contributed by atoms with Gasteiger partial charge in [0.05, 0.1) is 6.61 Å². The Labute approximate surface area is 167 Å². The van der Waals surface area contributed by atoms with Crippen molar-refractivity contribution in [3.63, 3.8) is 0 Å². The molecular formula is C17H25F9O2S. The number of rotatable bonds is 14. The zero-order chi connectivity index (χ0) is 22.9. The SMILES string of the molecule is CCCCOC(=O)C(CCCC)SCCCC(F)(F)C(F)(F)C(F)(F)C(F)(F)F. The number of hydrogen-bond acceptors (Lipinski definition) is 3. The van der Waals surface area contributed by atoms with Crippen LogP contribution < -0.4 is 0 Å². The molecule has 174 valence electrons. The third-order valence-electron chi connectivity index (χ3n) is 3.99. The Morgan fingerprint density at radius 3 is 1.90 bits per heavy atom. The Bertz CT molecular complexity index is 496. The molecule has 2 nitrogen and oxygen atoms in total. The predicted octanol–water partition coefficient (Wildman–Crippen LogP) is 6.87. The van der Waals surface area contributed by atoms with Gasteiger partial charge < -0.3 is 4.74 Å². The van der Waals surface area contributed by atoms with Gasteiger partial charge in [0.25, 0.3) is 0 Å². The number of thioether (sulfide) groups is 1. The average molecular weight is 464 g/mol. The highest BCUT2D eigenvalue weighted by molar-refractivity contribution is 8.00. The van der Waals surface area contributed by atoms with Gasteiger partial charge in [-0.2, -0.15) is 39.5 Å². The lowest BCUT2D eigenvalue weighted by atomic mass is 10.00. The Kier molecular flexibility index (Phi) is 11.2. The van der Waals surface area contributed by atoms with E-state index in [1.54, 1.807) is 0 Å². The van der Waals surface area contributed by atoms with E-state index in [1.165, 1.54) is 0 Å². The molecule has 0 radical (unpaired) electrons. The van der Waals surface area contributed by atoms with E-state index >= 15 is 0 Å². The molecule has 1 unspecified atom stereocenters. The Hall–Kier alpha value is -0.810. The minimum Gasteiger partial charge on any atom is -0.465 e. The van der Waals surface area contributed by atoms with Crippen LogP contribution >= 0.6 is 11.8 Å². The van der Waals surface area contributed by atoms with Gasteiger partial charge in [0.2, 0.25) is 0 Å². The first-order valence-electron chi connectivity index (χ1n) is 9.14. The summed E-state index contributed by atoms with van der Waals surface area (Å²) in [6, 6.07) is 0. The first-order valence-corrected chi connectivity index (χ1v) is 10.2. The van der Waals surface area contributed by atoms with Crippen LogP contribution in [0.5, 0.6) is 0 Å². The van der Waals surface area contributed by atoms with Crippen LogP contribution in [0.3, 0.4) is 0 Å². The number of halogens is 9. The van der Waals surface area contributed by atoms with Gasteiger partial charge in [0, 0.05) is 6.42 Å². The molecule has 0 aliphatic rings. The van der Waals surface area contributed by atoms with Crippen LogP contribution in [0.4, 0.5) is 39.5 Å². The summed E-state index contributed by atoms with van der Waals surface area (Å²) < 4.78 is 120. The zero-order valence-electron chi connectivity index (χ0n) is 16.1. The van der Waals surface area contributed by atoms with Gasteiger partial charge in [-0.3, -0.25) is 4.79 Å². The summed E-state index contributed by atoms with van der Waals surface area (Å²) >= 11 is 0.829. The second-order valence-corrected chi connectivity index (χ2v) is 7.79. The van der Waals surface area contributed by atoms with E-state index in [-0.39, 0.29) is 12.4 Å². The molecule has 0 fully saturated rings. The number of unbranched alkanes of at least 4 members (excludes halogenated alkanes) is 2. The van der Waals surface area contributed by atoms with Crippen LogP contribution in [-0.2, 0) is 9.53 Å². The van der Waals surface area contributed by atoms with Crippen LogP contribution in [0.25, 0.3) is 0 Å². The molecule has 12 heteroatoms. The first kappa shape index (κ1) is 28.2. The summed E-state index contributed by atoms with van der Waals surface area (Å²) in [5, 5.41) is -0.752. The molecule has 0 aromatic carbocycles. The lowest BCUT2D eigenvalue weighted by Gasteiger charge is -2.33. The van der Waals surface area contributed by atoms with E-state index in [4.69, 9.17) is 4.74 Å². The minimum atomic E-state index is -6.87. The smallest absolute Gasteiger partial charge is 0.460 e. The van der Waals surface area contributed by atoms with E-state index in [9.17, 15) is 44.3 Å². The maximum Gasteiger partial charge on any atom is 0.460 e. The van der Waals surface area contributed by atoms with E-state index in [1.807, 2.05) is 13.8 Å². The molecule has 29 heavy (non-hydrogen) atoms. The highest BCUT2D eigenvalue weighted by atomic mass is 32.2. The highest BCUT2D eigenvalue weighted by Gasteiger charge is 2.81. The zero-order valence-corrected chi connectivity index (χ0v) is 16.9. The maximum absolute atomic E-state index is 13.5. The van der Waals surface area contributed by atoms with Gasteiger partial charge in [-0.15, -0.1) is 11.8 Å². The number of hydrogen-bond donors (Lipinski definition) is 0. The van der Waals surface area contributed by atoms with Crippen molar-refractivity contribution in [2.24, 2.45) is 0 Å². The second-order valence-electron chi connectivity index (χ2n) is 6.48. The molecule has 0 rings (SSSR count). The summed E-state index contributed by atoms with van der Waals surface area (Å²) in [5.41, 5.74) is 0. The average Bonchev–Trinajstić information content (AvgIpc) is 2.59. The fourth-order valence-electron chi connectivity index (χ4n) is 2.15. The number of alkyl halides is 9. The monoisotopic (exact) mass is 464 g/mol. The predicted molar refractivity (Wildman–Crippen MR) is 91.8 cm³/mol. The molecule has 0 N–H and O–H groups in total. The molecule has 0 heterocycles. The lowest BCUT2D eigenvalue weighted by molar-refractivity contribution is -0.396. The van der Waals surface area contributed by atoms with Crippen molar-refractivity contribution >= 4 is 17.7 Å². The molecule has 0 saturated heterocycles. The molecule has 1 atom stereocenters. The van der Waals surface area contributed by atoms with Crippen LogP contribution in [0, 0.1) is 0 Å². The molecule has 0 aliphatic carbocycles. The van der Waals surface area contributed by atoms with Crippen molar-refractivity contribution in [2.75, 3.05) is 12.4 Å². The van der Waals surface area contributed by atoms with Gasteiger partial charge in [-0.1, -0.05) is 33.1 Å². The normalized spacial score (nSPS) is 14.7. The molecule has 0 spiro atoms. The third kappa shape index (κ3) is 7.75. The highest BCUT2D eigenvalue weighted by Crippen LogP contribution is 2.54. The summed E-state index contributed by atoms with van der Waals surface area (Å²) in [6.45, 7) is 3.87. The van der Waals surface area contributed by atoms with E-state index in [0.29, 0.717) is 19.3 Å². The summed E-state index contributed by atoms with van der Waals surface area (Å²) in [4.78, 5) is 12.0. The van der Waals surface area contributed by atoms with Crippen molar-refractivity contribution in [2.45, 2.75) is 88.0 Å². The van der Waals surface area contributed by atoms with Gasteiger partial charge in [0.1, 0.15) is 5.25 Å². The quantitative estimate of drug-likeness (QED) is 0.159. The van der Waals surface area contributed by atoms with E-state index < -0.39 is 48.0 Å². The van der Waals surface area contributed by atoms with Crippen molar-refractivity contribution in [3.05, 3.63) is 0 Å². The molecular weight excluding hydrogens is 439 g/mol. The fourth-order valence-corrected chi connectivity index (χ4v) is 3.29. The molecule has 0 aromatic heterocycles. The topological polar surface area (TPSA) is 26.3 Å². The fraction of sp³-hybridized carbons (Fsp3) is 0.941. The molecule has 0 bridgehead atoms. The van der Waals surface area contributed by atoms with Crippen molar-refractivity contribution in [1.29, 1.82) is 0 Å². The molecule has 0 saturated carbocycles. The van der Waals surface area contributed by atoms with Gasteiger partial charge >= 0.3 is 29.9 Å². The van der Waals surface area contributed by atoms with Crippen LogP contribution in [0.2, 0.25) is 0 Å². The van der Waals surface area contributed by atoms with Gasteiger partial charge in [-0.25, -0.2) is 0 Å². The maximum atomic E-state index is 13.5. The van der Waals surface area contributed by atoms with E-state index in [0.717, 1.165) is 24.6 Å². The summed E-state index contributed by atoms with van der Waals surface area (Å²) in [7, 11) is 0. The Balaban J connectivity index is 4.84. The van der Waals surface area contributed by atoms with Crippen molar-refractivity contribution < 1.29 is 49.0 Å². The molecule has 0 aromatic rings. The Morgan fingerprint density at radius 2 is 1.41 bits per heavy atom. The van der Waals surface area contributed by atoms with Crippen LogP contribution in [0.15, 0.2) is 0 Å². The van der Waals surface area contributed by atoms with E-state index in [2.05, 4.69) is 0 Å². The summed E-state index contributed by atoms with van der Waals surface area (Å²) in [5.74, 6) is -19.9. The van der Waals surface area contributed by atoms with Crippen molar-refractivity contribution in [1.82, 2.24) is 0 Å². The Morgan fingerprint density at radius 1 is 0.862 bits per heavy atom. The van der Waals surface area contributed by atoms with Crippen LogP contribution in [0.1, 0.15) is 58.8 Å². The number of ether oxygens (including phenoxy) is 1. The van der Waals surface area contributed by atoms with Crippen molar-refractivity contribution in [3.8, 4) is 0 Å². The lowest BCUT2D eigenvalue weighted by Crippen LogP contribution is -2.60. The van der Waals surface area contributed by atoms with Gasteiger partial charge in [0.15, 0.2) is 0 Å². The first-order chi connectivity index (χ1) is 13.2. The standard InChI is InChI=1S/C17H25F9O2S/c1-3-5-8-12(13(27)28-10-6-4-2)29-11-7-9-14(18,19)15(20,21)16(22,23)17(24,25)26/h12H,3-11H2,1-2H3. The summed E-state index contributed by atoms with van der Waals surface area (Å²) in [6.07, 6.45) is -6.44. The third-order valence-corrected chi connectivity index (χ3v) is 5.34. The molecule has 0 aliphatic heterocycles. The number of carbonyl (C=O) groups is 1. The second kappa shape index (κ2) is 11.5. The molecule has 0 amide bonds. The number of esters is 1. The van der Waals surface area contributed by atoms with Gasteiger partial charge in [-0.05, 0) is 25.0 Å². The number of carbonyl (C=O) groups excluding carboxylic acids is 1. The largest absolute Gasteiger partial charge is 0.465 e. The van der Waals surface area contributed by atoms with Crippen LogP contribution in [-0.4, -0.2) is 47.5 Å².